The summed E-state index contributed by atoms with van der Waals surface area (Å²) in [4.78, 5) is 44.7. The molecular formula is C18H16O6. The van der Waals surface area contributed by atoms with Gasteiger partial charge in [-0.25, -0.2) is 0 Å². The van der Waals surface area contributed by atoms with Crippen molar-refractivity contribution in [3.05, 3.63) is 24.3 Å². The van der Waals surface area contributed by atoms with Gasteiger partial charge in [0.2, 0.25) is 0 Å². The molecule has 0 spiro atoms. The van der Waals surface area contributed by atoms with E-state index < -0.39 is 0 Å². The fraction of sp³-hybridized carbons (Fsp3) is 0.556. The smallest absolute Gasteiger partial charge is 0.318 e. The van der Waals surface area contributed by atoms with Gasteiger partial charge in [-0.3, -0.25) is 19.2 Å². The lowest BCUT2D eigenvalue weighted by Gasteiger charge is -2.12. The molecule has 0 aromatic rings. The summed E-state index contributed by atoms with van der Waals surface area (Å²) in [6.45, 7) is 0. The van der Waals surface area contributed by atoms with Gasteiger partial charge in [0, 0.05) is 0 Å². The third kappa shape index (κ3) is 1.71. The van der Waals surface area contributed by atoms with Gasteiger partial charge in [0.1, 0.15) is 0 Å². The van der Waals surface area contributed by atoms with Gasteiger partial charge in [-0.05, 0) is 36.5 Å². The molecular weight excluding hydrogens is 312 g/mol. The Balaban J connectivity index is 0.000000109. The molecule has 2 aliphatic heterocycles. The predicted molar refractivity (Wildman–Crippen MR) is 77.6 cm³/mol. The number of esters is 4. The van der Waals surface area contributed by atoms with Gasteiger partial charge in [-0.1, -0.05) is 24.3 Å². The molecule has 6 rings (SSSR count). The first-order chi connectivity index (χ1) is 11.5. The molecule has 0 aromatic carbocycles. The van der Waals surface area contributed by atoms with Crippen LogP contribution in [-0.4, -0.2) is 23.9 Å². The van der Waals surface area contributed by atoms with E-state index in [0.29, 0.717) is 0 Å². The lowest BCUT2D eigenvalue weighted by Crippen LogP contribution is -2.21. The summed E-state index contributed by atoms with van der Waals surface area (Å²) in [6, 6.07) is 0. The predicted octanol–water partition coefficient (Wildman–Crippen LogP) is 1.02. The minimum atomic E-state index is -0.304. The molecule has 6 aliphatic rings. The van der Waals surface area contributed by atoms with E-state index >= 15 is 0 Å². The number of fused-ring (bicyclic) bond motifs is 10. The third-order valence-corrected chi connectivity index (χ3v) is 6.41. The van der Waals surface area contributed by atoms with Gasteiger partial charge in [0.05, 0.1) is 23.7 Å². The number of cyclic esters (lactones) is 4. The summed E-state index contributed by atoms with van der Waals surface area (Å²) in [6.07, 6.45) is 10.1. The summed E-state index contributed by atoms with van der Waals surface area (Å²) < 4.78 is 9.18. The van der Waals surface area contributed by atoms with Crippen LogP contribution in [0.15, 0.2) is 24.3 Å². The standard InChI is InChI=1S/2C9H8O3/c2*10-8-6-4-1-2-5(3-4)7(6)9(11)12-8/h2*1-2,4-7H,3H2/t4?,5?,6-,7+;. The Morgan fingerprint density at radius 1 is 0.542 bits per heavy atom. The van der Waals surface area contributed by atoms with E-state index in [4.69, 9.17) is 0 Å². The summed E-state index contributed by atoms with van der Waals surface area (Å²) in [7, 11) is 0. The molecule has 6 unspecified atom stereocenters. The Labute approximate surface area is 137 Å². The van der Waals surface area contributed by atoms with Crippen molar-refractivity contribution in [1.29, 1.82) is 0 Å². The summed E-state index contributed by atoms with van der Waals surface area (Å²) >= 11 is 0. The molecule has 4 fully saturated rings. The SMILES string of the molecule is O=C1OC(=O)C2C3C=CC(C3)C12.O=C1OC(=O)[C@H]2C3C=CC(C3)[C@@H]12. The quantitative estimate of drug-likeness (QED) is 0.375. The Morgan fingerprint density at radius 3 is 1.04 bits per heavy atom. The highest BCUT2D eigenvalue weighted by Crippen LogP contribution is 2.52. The summed E-state index contributed by atoms with van der Waals surface area (Å²) in [5.41, 5.74) is 0. The minimum absolute atomic E-state index is 0.146. The lowest BCUT2D eigenvalue weighted by atomic mass is 9.85. The molecule has 0 N–H and O–H groups in total. The van der Waals surface area contributed by atoms with Crippen LogP contribution in [0.5, 0.6) is 0 Å². The molecule has 0 amide bonds. The third-order valence-electron chi connectivity index (χ3n) is 6.41. The average Bonchev–Trinajstić information content (AvgIpc) is 3.34. The van der Waals surface area contributed by atoms with Crippen LogP contribution in [0, 0.1) is 47.3 Å². The zero-order valence-electron chi connectivity index (χ0n) is 12.8. The topological polar surface area (TPSA) is 86.7 Å². The van der Waals surface area contributed by atoms with E-state index in [0.717, 1.165) is 12.8 Å². The molecule has 2 saturated heterocycles. The largest absolute Gasteiger partial charge is 0.393 e. The first kappa shape index (κ1) is 14.1. The molecule has 2 heterocycles. The van der Waals surface area contributed by atoms with Crippen molar-refractivity contribution in [3.8, 4) is 0 Å². The summed E-state index contributed by atoms with van der Waals surface area (Å²) in [5.74, 6) is -0.691. The van der Waals surface area contributed by atoms with Crippen LogP contribution in [0.2, 0.25) is 0 Å². The van der Waals surface area contributed by atoms with E-state index in [9.17, 15) is 19.2 Å². The Kier molecular flexibility index (Phi) is 2.74. The van der Waals surface area contributed by atoms with Crippen molar-refractivity contribution in [1.82, 2.24) is 0 Å². The molecule has 0 aromatic heterocycles. The Bertz CT molecular complexity index is 616. The highest BCUT2D eigenvalue weighted by atomic mass is 16.6. The van der Waals surface area contributed by atoms with Crippen LogP contribution >= 0.6 is 0 Å². The van der Waals surface area contributed by atoms with Gasteiger partial charge >= 0.3 is 23.9 Å². The number of carbonyl (C=O) groups is 4. The van der Waals surface area contributed by atoms with Gasteiger partial charge in [0.15, 0.2) is 0 Å². The van der Waals surface area contributed by atoms with Crippen molar-refractivity contribution in [2.24, 2.45) is 47.3 Å². The molecule has 8 atom stereocenters. The number of carbonyl (C=O) groups excluding carboxylic acids is 4. The van der Waals surface area contributed by atoms with Crippen LogP contribution in [0.3, 0.4) is 0 Å². The highest BCUT2D eigenvalue weighted by molar-refractivity contribution is 5.98. The van der Waals surface area contributed by atoms with Crippen LogP contribution in [0.1, 0.15) is 12.8 Å². The van der Waals surface area contributed by atoms with Crippen molar-refractivity contribution >= 4 is 23.9 Å². The molecule has 2 saturated carbocycles. The Morgan fingerprint density at radius 2 is 0.792 bits per heavy atom. The number of hydrogen-bond donors (Lipinski definition) is 0. The van der Waals surface area contributed by atoms with Crippen molar-refractivity contribution in [3.63, 3.8) is 0 Å². The Hall–Kier alpha value is -2.24. The van der Waals surface area contributed by atoms with E-state index in [1.807, 2.05) is 24.3 Å². The fourth-order valence-electron chi connectivity index (χ4n) is 5.40. The van der Waals surface area contributed by atoms with Crippen LogP contribution in [-0.2, 0) is 28.7 Å². The van der Waals surface area contributed by atoms with E-state index in [2.05, 4.69) is 9.47 Å². The van der Waals surface area contributed by atoms with Crippen LogP contribution < -0.4 is 0 Å². The van der Waals surface area contributed by atoms with Crippen molar-refractivity contribution in [2.75, 3.05) is 0 Å². The van der Waals surface area contributed by atoms with Gasteiger partial charge in [-0.2, -0.15) is 0 Å². The van der Waals surface area contributed by atoms with Crippen LogP contribution in [0.4, 0.5) is 0 Å². The first-order valence-corrected chi connectivity index (χ1v) is 8.42. The van der Waals surface area contributed by atoms with Crippen LogP contribution in [0.25, 0.3) is 0 Å². The highest BCUT2D eigenvalue weighted by Gasteiger charge is 2.58. The first-order valence-electron chi connectivity index (χ1n) is 8.42. The zero-order valence-corrected chi connectivity index (χ0v) is 12.8. The maximum Gasteiger partial charge on any atom is 0.318 e. The summed E-state index contributed by atoms with van der Waals surface area (Å²) in [5, 5.41) is 0. The molecule has 4 bridgehead atoms. The van der Waals surface area contributed by atoms with Crippen molar-refractivity contribution in [2.45, 2.75) is 12.8 Å². The minimum Gasteiger partial charge on any atom is -0.393 e. The van der Waals surface area contributed by atoms with Gasteiger partial charge in [0.25, 0.3) is 0 Å². The maximum atomic E-state index is 11.2. The number of allylic oxidation sites excluding steroid dienone is 4. The van der Waals surface area contributed by atoms with E-state index in [-0.39, 0.29) is 71.2 Å². The molecule has 124 valence electrons. The molecule has 24 heavy (non-hydrogen) atoms. The van der Waals surface area contributed by atoms with Crippen molar-refractivity contribution < 1.29 is 28.7 Å². The molecule has 0 radical (unpaired) electrons. The second kappa shape index (κ2) is 4.65. The fourth-order valence-corrected chi connectivity index (χ4v) is 5.40. The number of hydrogen-bond acceptors (Lipinski definition) is 6. The zero-order chi connectivity index (χ0) is 16.6. The molecule has 6 nitrogen and oxygen atoms in total. The molecule has 4 aliphatic carbocycles. The second-order valence-corrected chi connectivity index (χ2v) is 7.48. The number of ether oxygens (including phenoxy) is 2. The maximum absolute atomic E-state index is 11.2. The average molecular weight is 328 g/mol. The van der Waals surface area contributed by atoms with E-state index in [1.165, 1.54) is 0 Å². The van der Waals surface area contributed by atoms with Gasteiger partial charge in [-0.15, -0.1) is 0 Å². The van der Waals surface area contributed by atoms with E-state index in [1.54, 1.807) is 0 Å². The van der Waals surface area contributed by atoms with Gasteiger partial charge < -0.3 is 9.47 Å². The normalized spacial score (nSPS) is 48.3. The monoisotopic (exact) mass is 328 g/mol. The second-order valence-electron chi connectivity index (χ2n) is 7.48. The lowest BCUT2D eigenvalue weighted by molar-refractivity contribution is -0.156. The molecule has 6 heteroatoms. The number of rotatable bonds is 0.